The Bertz CT molecular complexity index is 912. The number of nitrogens with one attached hydrogen (secondary N) is 1. The van der Waals surface area contributed by atoms with E-state index >= 15 is 0 Å². The van der Waals surface area contributed by atoms with E-state index < -0.39 is 0 Å². The molecular formula is C22H25FN4OS. The summed E-state index contributed by atoms with van der Waals surface area (Å²) in [5.74, 6) is 0.783. The maximum absolute atomic E-state index is 13.0. The van der Waals surface area contributed by atoms with Crippen molar-refractivity contribution in [3.8, 4) is 0 Å². The zero-order valence-corrected chi connectivity index (χ0v) is 17.5. The lowest BCUT2D eigenvalue weighted by Gasteiger charge is -2.23. The lowest BCUT2D eigenvalue weighted by Crippen LogP contribution is -2.31. The highest BCUT2D eigenvalue weighted by molar-refractivity contribution is 7.09. The van der Waals surface area contributed by atoms with Crippen molar-refractivity contribution >= 4 is 28.3 Å². The minimum absolute atomic E-state index is 0.112. The van der Waals surface area contributed by atoms with Crippen LogP contribution in [0, 0.1) is 11.7 Å². The number of nitrogens with zero attached hydrogens (tertiary/aromatic N) is 3. The van der Waals surface area contributed by atoms with Crippen molar-refractivity contribution in [3.05, 3.63) is 71.8 Å². The Labute approximate surface area is 174 Å². The molecule has 0 unspecified atom stereocenters. The van der Waals surface area contributed by atoms with Crippen LogP contribution in [0.4, 0.5) is 15.2 Å². The second-order valence-corrected chi connectivity index (χ2v) is 8.03. The van der Waals surface area contributed by atoms with E-state index in [2.05, 4.69) is 40.6 Å². The topological polar surface area (TPSA) is 58.1 Å². The molecule has 0 aliphatic rings. The number of anilines is 2. The Morgan fingerprint density at radius 1 is 1.14 bits per heavy atom. The standard InChI is InChI=1S/C22H25FN4OS/c1-16(2)15-27(13-12-21(28)24-19-10-8-18(23)9-11-19)22-25-20(26-29-22)14-17-6-4-3-5-7-17/h3-11,16H,12-15H2,1-2H3,(H,24,28). The van der Waals surface area contributed by atoms with Crippen LogP contribution >= 0.6 is 11.5 Å². The average molecular weight is 413 g/mol. The Balaban J connectivity index is 1.60. The molecule has 152 valence electrons. The maximum atomic E-state index is 13.0. The highest BCUT2D eigenvalue weighted by atomic mass is 32.1. The lowest BCUT2D eigenvalue weighted by molar-refractivity contribution is -0.116. The monoisotopic (exact) mass is 412 g/mol. The van der Waals surface area contributed by atoms with E-state index in [0.717, 1.165) is 17.5 Å². The molecule has 0 saturated heterocycles. The van der Waals surface area contributed by atoms with Crippen LogP contribution in [0.5, 0.6) is 0 Å². The van der Waals surface area contributed by atoms with E-state index in [1.807, 2.05) is 18.2 Å². The van der Waals surface area contributed by atoms with Crippen LogP contribution in [0.3, 0.4) is 0 Å². The first-order valence-corrected chi connectivity index (χ1v) is 10.4. The second kappa shape index (κ2) is 10.1. The summed E-state index contributed by atoms with van der Waals surface area (Å²) in [6.07, 6.45) is 1.01. The number of carbonyl (C=O) groups is 1. The Hall–Kier alpha value is -2.80. The highest BCUT2D eigenvalue weighted by Gasteiger charge is 2.16. The smallest absolute Gasteiger partial charge is 0.226 e. The lowest BCUT2D eigenvalue weighted by atomic mass is 10.1. The molecule has 0 spiro atoms. The van der Waals surface area contributed by atoms with Gasteiger partial charge in [-0.3, -0.25) is 4.79 Å². The SMILES string of the molecule is CC(C)CN(CCC(=O)Nc1ccc(F)cc1)c1nc(Cc2ccccc2)ns1. The van der Waals surface area contributed by atoms with Crippen LogP contribution in [0.15, 0.2) is 54.6 Å². The van der Waals surface area contributed by atoms with Gasteiger partial charge in [-0.05, 0) is 35.7 Å². The van der Waals surface area contributed by atoms with Gasteiger partial charge >= 0.3 is 0 Å². The maximum Gasteiger partial charge on any atom is 0.226 e. The fourth-order valence-electron chi connectivity index (χ4n) is 2.92. The third-order valence-corrected chi connectivity index (χ3v) is 5.07. The van der Waals surface area contributed by atoms with Crippen molar-refractivity contribution < 1.29 is 9.18 Å². The molecule has 1 N–H and O–H groups in total. The minimum atomic E-state index is -0.325. The molecule has 0 aliphatic heterocycles. The molecule has 0 bridgehead atoms. The number of amides is 1. The van der Waals surface area contributed by atoms with Gasteiger partial charge in [0.15, 0.2) is 0 Å². The molecule has 0 radical (unpaired) electrons. The molecule has 3 aromatic rings. The molecule has 1 aromatic heterocycles. The zero-order chi connectivity index (χ0) is 20.6. The quantitative estimate of drug-likeness (QED) is 0.551. The zero-order valence-electron chi connectivity index (χ0n) is 16.6. The van der Waals surface area contributed by atoms with Gasteiger partial charge in [0.1, 0.15) is 11.6 Å². The fourth-order valence-corrected chi connectivity index (χ4v) is 3.64. The molecule has 0 aliphatic carbocycles. The van der Waals surface area contributed by atoms with Crippen molar-refractivity contribution in [2.24, 2.45) is 5.92 Å². The van der Waals surface area contributed by atoms with Gasteiger partial charge in [0.25, 0.3) is 0 Å². The molecule has 0 saturated carbocycles. The number of carbonyl (C=O) groups excluding carboxylic acids is 1. The highest BCUT2D eigenvalue weighted by Crippen LogP contribution is 2.21. The Morgan fingerprint density at radius 2 is 1.86 bits per heavy atom. The Kier molecular flexibility index (Phi) is 7.30. The summed E-state index contributed by atoms with van der Waals surface area (Å²) in [5.41, 5.74) is 1.76. The van der Waals surface area contributed by atoms with E-state index in [1.54, 1.807) is 12.1 Å². The van der Waals surface area contributed by atoms with Gasteiger partial charge in [0.2, 0.25) is 11.0 Å². The largest absolute Gasteiger partial charge is 0.346 e. The summed E-state index contributed by atoms with van der Waals surface area (Å²) in [6.45, 7) is 5.62. The first-order valence-electron chi connectivity index (χ1n) is 9.66. The molecule has 1 amide bonds. The van der Waals surface area contributed by atoms with E-state index in [0.29, 0.717) is 31.0 Å². The van der Waals surface area contributed by atoms with Crippen molar-refractivity contribution in [2.45, 2.75) is 26.7 Å². The number of aromatic nitrogens is 2. The predicted octanol–water partition coefficient (Wildman–Crippen LogP) is 4.76. The molecule has 2 aromatic carbocycles. The summed E-state index contributed by atoms with van der Waals surface area (Å²) in [6, 6.07) is 15.9. The van der Waals surface area contributed by atoms with Crippen molar-refractivity contribution in [3.63, 3.8) is 0 Å². The van der Waals surface area contributed by atoms with Crippen molar-refractivity contribution in [1.29, 1.82) is 0 Å². The summed E-state index contributed by atoms with van der Waals surface area (Å²) < 4.78 is 17.5. The third-order valence-electron chi connectivity index (χ3n) is 4.26. The van der Waals surface area contributed by atoms with Gasteiger partial charge < -0.3 is 10.2 Å². The van der Waals surface area contributed by atoms with Crippen LogP contribution in [0.1, 0.15) is 31.7 Å². The van der Waals surface area contributed by atoms with Crippen molar-refractivity contribution in [2.75, 3.05) is 23.3 Å². The van der Waals surface area contributed by atoms with Crippen LogP contribution in [0.2, 0.25) is 0 Å². The number of hydrogen-bond acceptors (Lipinski definition) is 5. The van der Waals surface area contributed by atoms with Gasteiger partial charge in [-0.15, -0.1) is 0 Å². The van der Waals surface area contributed by atoms with E-state index in [4.69, 9.17) is 4.98 Å². The van der Waals surface area contributed by atoms with Gasteiger partial charge in [-0.1, -0.05) is 44.2 Å². The van der Waals surface area contributed by atoms with Crippen LogP contribution in [-0.4, -0.2) is 28.4 Å². The molecular weight excluding hydrogens is 387 g/mol. The first-order chi connectivity index (χ1) is 14.0. The van der Waals surface area contributed by atoms with Crippen LogP contribution < -0.4 is 10.2 Å². The van der Waals surface area contributed by atoms with Crippen molar-refractivity contribution in [1.82, 2.24) is 9.36 Å². The summed E-state index contributed by atoms with van der Waals surface area (Å²) in [5, 5.41) is 3.63. The molecule has 7 heteroatoms. The minimum Gasteiger partial charge on any atom is -0.346 e. The van der Waals surface area contributed by atoms with Gasteiger partial charge in [0, 0.05) is 43.2 Å². The summed E-state index contributed by atoms with van der Waals surface area (Å²) in [4.78, 5) is 19.1. The van der Waals surface area contributed by atoms with Gasteiger partial charge in [0.05, 0.1) is 0 Å². The molecule has 1 heterocycles. The van der Waals surface area contributed by atoms with E-state index in [-0.39, 0.29) is 11.7 Å². The fraction of sp³-hybridized carbons (Fsp3) is 0.318. The normalized spacial score (nSPS) is 10.9. The first kappa shape index (κ1) is 20.9. The van der Waals surface area contributed by atoms with Crippen LogP contribution in [0.25, 0.3) is 0 Å². The molecule has 29 heavy (non-hydrogen) atoms. The summed E-state index contributed by atoms with van der Waals surface area (Å²) >= 11 is 1.37. The molecule has 0 fully saturated rings. The van der Waals surface area contributed by atoms with Gasteiger partial charge in [-0.2, -0.15) is 4.37 Å². The molecule has 3 rings (SSSR count). The predicted molar refractivity (Wildman–Crippen MR) is 116 cm³/mol. The molecule has 5 nitrogen and oxygen atoms in total. The molecule has 0 atom stereocenters. The number of rotatable bonds is 9. The third kappa shape index (κ3) is 6.64. The number of halogens is 1. The van der Waals surface area contributed by atoms with Gasteiger partial charge in [-0.25, -0.2) is 9.37 Å². The van der Waals surface area contributed by atoms with E-state index in [1.165, 1.54) is 29.2 Å². The second-order valence-electron chi connectivity index (χ2n) is 7.30. The summed E-state index contributed by atoms with van der Waals surface area (Å²) in [7, 11) is 0. The van der Waals surface area contributed by atoms with E-state index in [9.17, 15) is 9.18 Å². The van der Waals surface area contributed by atoms with Crippen LogP contribution in [-0.2, 0) is 11.2 Å². The average Bonchev–Trinajstić information content (AvgIpc) is 3.16. The number of benzene rings is 2. The Morgan fingerprint density at radius 3 is 2.55 bits per heavy atom. The number of hydrogen-bond donors (Lipinski definition) is 1.